The van der Waals surface area contributed by atoms with Gasteiger partial charge in [-0.3, -0.25) is 4.72 Å². The third-order valence-electron chi connectivity index (χ3n) is 6.62. The van der Waals surface area contributed by atoms with Crippen LogP contribution in [0.1, 0.15) is 40.2 Å². The molecule has 1 saturated carbocycles. The molecule has 2 aromatic carbocycles. The second kappa shape index (κ2) is 8.25. The number of ether oxygens (including phenoxy) is 2. The number of anilines is 1. The van der Waals surface area contributed by atoms with Crippen LogP contribution in [0.25, 0.3) is 0 Å². The van der Waals surface area contributed by atoms with Crippen LogP contribution >= 0.6 is 0 Å². The van der Waals surface area contributed by atoms with E-state index < -0.39 is 27.6 Å². The Morgan fingerprint density at radius 1 is 1.30 bits per heavy atom. The number of benzene rings is 2. The first-order valence-electron chi connectivity index (χ1n) is 10.9. The van der Waals surface area contributed by atoms with Crippen LogP contribution in [0.3, 0.4) is 0 Å². The van der Waals surface area contributed by atoms with Gasteiger partial charge in [-0.15, -0.1) is 0 Å². The van der Waals surface area contributed by atoms with E-state index in [0.717, 1.165) is 38.6 Å². The van der Waals surface area contributed by atoms with E-state index in [0.29, 0.717) is 25.1 Å². The maximum absolute atomic E-state index is 15.0. The molecule has 2 fully saturated rings. The van der Waals surface area contributed by atoms with Crippen LogP contribution in [-0.2, 0) is 21.2 Å². The van der Waals surface area contributed by atoms with Crippen molar-refractivity contribution in [2.24, 2.45) is 11.8 Å². The molecule has 33 heavy (non-hydrogen) atoms. The Morgan fingerprint density at radius 3 is 2.85 bits per heavy atom. The van der Waals surface area contributed by atoms with Gasteiger partial charge >= 0.3 is 5.97 Å². The molecule has 2 aromatic rings. The van der Waals surface area contributed by atoms with Crippen molar-refractivity contribution in [1.29, 1.82) is 0 Å². The molecule has 0 bridgehead atoms. The summed E-state index contributed by atoms with van der Waals surface area (Å²) in [7, 11) is -3.12. The van der Waals surface area contributed by atoms with Crippen molar-refractivity contribution in [3.63, 3.8) is 0 Å². The minimum absolute atomic E-state index is 0.0228. The zero-order valence-electron chi connectivity index (χ0n) is 18.0. The molecular formula is C23H24F2N2O5S. The van der Waals surface area contributed by atoms with Gasteiger partial charge in [-0.25, -0.2) is 22.0 Å². The fourth-order valence-corrected chi connectivity index (χ4v) is 6.16. The molecule has 2 aliphatic heterocycles. The van der Waals surface area contributed by atoms with Crippen LogP contribution in [0.5, 0.6) is 5.75 Å². The van der Waals surface area contributed by atoms with E-state index in [1.165, 1.54) is 12.1 Å². The number of carbonyl (C=O) groups excluding carboxylic acids is 1. The maximum Gasteiger partial charge on any atom is 0.343 e. The molecule has 2 N–H and O–H groups in total. The molecule has 10 heteroatoms. The standard InChI is InChI=1S/C23H24F2N2O5S/c1-31-23(28)21-18(9-17(25)20-16-8-14(16)11-32-22(20)21)27-33(29,30)19-3-2-15(24)7-13(19)6-12-4-5-26-10-12/h2-3,7,9,12,14,16,26-27H,4-6,8,10-11H2,1H3/t12-,14?,16?/m0/s1. The highest BCUT2D eigenvalue weighted by Crippen LogP contribution is 2.56. The lowest BCUT2D eigenvalue weighted by molar-refractivity contribution is 0.0596. The quantitative estimate of drug-likeness (QED) is 0.620. The molecule has 1 saturated heterocycles. The van der Waals surface area contributed by atoms with Crippen LogP contribution < -0.4 is 14.8 Å². The van der Waals surface area contributed by atoms with Crippen molar-refractivity contribution in [3.8, 4) is 5.75 Å². The zero-order chi connectivity index (χ0) is 23.3. The summed E-state index contributed by atoms with van der Waals surface area (Å²) in [6.07, 6.45) is 1.98. The van der Waals surface area contributed by atoms with Crippen LogP contribution in [0.15, 0.2) is 29.2 Å². The Morgan fingerprint density at radius 2 is 2.12 bits per heavy atom. The average Bonchev–Trinajstić information content (AvgIpc) is 3.38. The normalized spacial score (nSPS) is 23.3. The maximum atomic E-state index is 15.0. The summed E-state index contributed by atoms with van der Waals surface area (Å²) in [6, 6.07) is 4.46. The molecule has 5 rings (SSSR count). The summed E-state index contributed by atoms with van der Waals surface area (Å²) in [4.78, 5) is 12.5. The minimum Gasteiger partial charge on any atom is -0.492 e. The third-order valence-corrected chi connectivity index (χ3v) is 8.09. The number of sulfonamides is 1. The third kappa shape index (κ3) is 4.06. The molecule has 3 aliphatic rings. The first-order chi connectivity index (χ1) is 15.8. The number of hydrogen-bond donors (Lipinski definition) is 2. The van der Waals surface area contributed by atoms with Gasteiger partial charge in [-0.1, -0.05) is 0 Å². The second-order valence-corrected chi connectivity index (χ2v) is 10.5. The van der Waals surface area contributed by atoms with E-state index in [4.69, 9.17) is 9.47 Å². The number of nitrogens with one attached hydrogen (secondary N) is 2. The van der Waals surface area contributed by atoms with E-state index in [1.807, 2.05) is 0 Å². The number of esters is 1. The van der Waals surface area contributed by atoms with Crippen molar-refractivity contribution < 1.29 is 31.5 Å². The number of rotatable bonds is 6. The summed E-state index contributed by atoms with van der Waals surface area (Å²) >= 11 is 0. The van der Waals surface area contributed by atoms with Gasteiger partial charge in [-0.2, -0.15) is 0 Å². The van der Waals surface area contributed by atoms with Crippen molar-refractivity contribution in [3.05, 3.63) is 52.6 Å². The van der Waals surface area contributed by atoms with Crippen molar-refractivity contribution >= 4 is 21.7 Å². The van der Waals surface area contributed by atoms with Gasteiger partial charge in [0, 0.05) is 11.5 Å². The van der Waals surface area contributed by atoms with Gasteiger partial charge in [0.25, 0.3) is 10.0 Å². The lowest BCUT2D eigenvalue weighted by Gasteiger charge is -2.23. The topological polar surface area (TPSA) is 93.7 Å². The molecule has 176 valence electrons. The first kappa shape index (κ1) is 22.1. The minimum atomic E-state index is -4.28. The van der Waals surface area contributed by atoms with Crippen LogP contribution in [0.2, 0.25) is 0 Å². The Labute approximate surface area is 190 Å². The molecule has 2 heterocycles. The summed E-state index contributed by atoms with van der Waals surface area (Å²) < 4.78 is 68.6. The van der Waals surface area contributed by atoms with Crippen molar-refractivity contribution in [2.75, 3.05) is 31.5 Å². The van der Waals surface area contributed by atoms with Gasteiger partial charge in [0.1, 0.15) is 22.9 Å². The van der Waals surface area contributed by atoms with E-state index in [1.54, 1.807) is 0 Å². The van der Waals surface area contributed by atoms with Crippen molar-refractivity contribution in [1.82, 2.24) is 5.32 Å². The fraction of sp³-hybridized carbons (Fsp3) is 0.435. The number of methoxy groups -OCH3 is 1. The van der Waals surface area contributed by atoms with Gasteiger partial charge in [-0.05, 0) is 74.0 Å². The predicted octanol–water partition coefficient (Wildman–Crippen LogP) is 3.20. The lowest BCUT2D eigenvalue weighted by atomic mass is 9.98. The smallest absolute Gasteiger partial charge is 0.343 e. The molecule has 2 unspecified atom stereocenters. The number of hydrogen-bond acceptors (Lipinski definition) is 6. The van der Waals surface area contributed by atoms with E-state index in [2.05, 4.69) is 10.0 Å². The van der Waals surface area contributed by atoms with Gasteiger partial charge < -0.3 is 14.8 Å². The van der Waals surface area contributed by atoms with Crippen LogP contribution in [0, 0.1) is 23.5 Å². The highest BCUT2D eigenvalue weighted by Gasteiger charge is 2.47. The molecule has 0 radical (unpaired) electrons. The largest absolute Gasteiger partial charge is 0.492 e. The highest BCUT2D eigenvalue weighted by molar-refractivity contribution is 7.92. The van der Waals surface area contributed by atoms with Gasteiger partial charge in [0.05, 0.1) is 24.3 Å². The van der Waals surface area contributed by atoms with Crippen LogP contribution in [-0.4, -0.2) is 41.2 Å². The summed E-state index contributed by atoms with van der Waals surface area (Å²) in [5.41, 5.74) is 0.179. The molecular weight excluding hydrogens is 454 g/mol. The monoisotopic (exact) mass is 478 g/mol. The molecule has 1 aliphatic carbocycles. The van der Waals surface area contributed by atoms with Crippen LogP contribution in [0.4, 0.5) is 14.5 Å². The van der Waals surface area contributed by atoms with Gasteiger partial charge in [0.2, 0.25) is 0 Å². The molecule has 0 spiro atoms. The molecule has 0 aromatic heterocycles. The molecule has 0 amide bonds. The van der Waals surface area contributed by atoms with E-state index in [-0.39, 0.29) is 45.2 Å². The summed E-state index contributed by atoms with van der Waals surface area (Å²) in [5, 5.41) is 3.21. The number of halogens is 2. The van der Waals surface area contributed by atoms with Crippen molar-refractivity contribution in [2.45, 2.75) is 30.1 Å². The Hall–Kier alpha value is -2.72. The average molecular weight is 479 g/mol. The SMILES string of the molecule is COC(=O)c1c(NS(=O)(=O)c2ccc(F)cc2C[C@@H]2CCNC2)cc(F)c2c1OCC1CC21. The Bertz CT molecular complexity index is 1230. The fourth-order valence-electron chi connectivity index (χ4n) is 4.87. The summed E-state index contributed by atoms with van der Waals surface area (Å²) in [5.74, 6) is -1.67. The number of fused-ring (bicyclic) bond motifs is 3. The predicted molar refractivity (Wildman–Crippen MR) is 116 cm³/mol. The first-order valence-corrected chi connectivity index (χ1v) is 12.4. The lowest BCUT2D eigenvalue weighted by Crippen LogP contribution is -2.22. The highest BCUT2D eigenvalue weighted by atomic mass is 32.2. The number of carbonyl (C=O) groups is 1. The van der Waals surface area contributed by atoms with E-state index in [9.17, 15) is 17.6 Å². The Kier molecular flexibility index (Phi) is 5.52. The Balaban J connectivity index is 1.55. The molecule has 7 nitrogen and oxygen atoms in total. The summed E-state index contributed by atoms with van der Waals surface area (Å²) in [6.45, 7) is 1.86. The van der Waals surface area contributed by atoms with E-state index >= 15 is 4.39 Å². The van der Waals surface area contributed by atoms with Gasteiger partial charge in [0.15, 0.2) is 0 Å². The zero-order valence-corrected chi connectivity index (χ0v) is 18.8. The second-order valence-electron chi connectivity index (χ2n) is 8.85. The molecule has 3 atom stereocenters.